The number of aromatic nitrogens is 1. The predicted octanol–water partition coefficient (Wildman–Crippen LogP) is 3.23. The number of methoxy groups -OCH3 is 2. The van der Waals surface area contributed by atoms with E-state index in [1.54, 1.807) is 44.9 Å². The molecule has 0 radical (unpaired) electrons. The van der Waals surface area contributed by atoms with Gasteiger partial charge in [-0.3, -0.25) is 4.79 Å². The molecule has 1 aromatic carbocycles. The van der Waals surface area contributed by atoms with Crippen molar-refractivity contribution >= 4 is 11.6 Å². The number of ether oxygens (including phenoxy) is 2. The first-order valence-electron chi connectivity index (χ1n) is 8.41. The van der Waals surface area contributed by atoms with Crippen LogP contribution in [-0.4, -0.2) is 25.1 Å². The van der Waals surface area contributed by atoms with E-state index in [4.69, 9.17) is 13.9 Å². The smallest absolute Gasteiger partial charge is 0.270 e. The maximum atomic E-state index is 12.1. The van der Waals surface area contributed by atoms with E-state index in [-0.39, 0.29) is 5.91 Å². The van der Waals surface area contributed by atoms with Crippen molar-refractivity contribution in [1.82, 2.24) is 10.3 Å². The minimum Gasteiger partial charge on any atom is -0.493 e. The normalized spacial score (nSPS) is 10.3. The number of amides is 1. The van der Waals surface area contributed by atoms with E-state index in [2.05, 4.69) is 15.6 Å². The Hall–Kier alpha value is -3.48. The number of carbonyl (C=O) groups excluding carboxylic acids is 1. The van der Waals surface area contributed by atoms with Gasteiger partial charge < -0.3 is 24.5 Å². The Labute approximate surface area is 157 Å². The summed E-state index contributed by atoms with van der Waals surface area (Å²) in [5.41, 5.74) is 2.19. The van der Waals surface area contributed by atoms with Crippen LogP contribution in [0.15, 0.2) is 59.3 Å². The lowest BCUT2D eigenvalue weighted by Gasteiger charge is -2.11. The van der Waals surface area contributed by atoms with Gasteiger partial charge in [0.1, 0.15) is 11.5 Å². The molecule has 3 rings (SSSR count). The van der Waals surface area contributed by atoms with Crippen LogP contribution in [0.1, 0.15) is 21.8 Å². The first kappa shape index (κ1) is 18.3. The van der Waals surface area contributed by atoms with Crippen LogP contribution in [0, 0.1) is 0 Å². The minimum atomic E-state index is -0.252. The molecule has 0 aliphatic heterocycles. The Bertz CT molecular complexity index is 877. The lowest BCUT2D eigenvalue weighted by atomic mass is 10.2. The maximum Gasteiger partial charge on any atom is 0.270 e. The van der Waals surface area contributed by atoms with Crippen molar-refractivity contribution in [2.24, 2.45) is 0 Å². The minimum absolute atomic E-state index is 0.252. The van der Waals surface area contributed by atoms with Crippen LogP contribution < -0.4 is 20.1 Å². The van der Waals surface area contributed by atoms with Crippen molar-refractivity contribution < 1.29 is 18.7 Å². The number of rotatable bonds is 8. The Morgan fingerprint density at radius 1 is 1.07 bits per heavy atom. The highest BCUT2D eigenvalue weighted by molar-refractivity contribution is 5.92. The molecule has 0 saturated heterocycles. The van der Waals surface area contributed by atoms with Gasteiger partial charge in [-0.2, -0.15) is 0 Å². The molecule has 0 aliphatic rings. The van der Waals surface area contributed by atoms with Crippen molar-refractivity contribution in [2.45, 2.75) is 13.1 Å². The van der Waals surface area contributed by atoms with Gasteiger partial charge in [0.25, 0.3) is 5.91 Å². The van der Waals surface area contributed by atoms with E-state index < -0.39 is 0 Å². The topological polar surface area (TPSA) is 85.6 Å². The molecule has 2 heterocycles. The average Bonchev–Trinajstić information content (AvgIpc) is 3.24. The first-order valence-corrected chi connectivity index (χ1v) is 8.41. The van der Waals surface area contributed by atoms with Crippen molar-refractivity contribution in [3.63, 3.8) is 0 Å². The van der Waals surface area contributed by atoms with Crippen LogP contribution in [0.5, 0.6) is 11.5 Å². The second kappa shape index (κ2) is 8.75. The van der Waals surface area contributed by atoms with Crippen LogP contribution >= 0.6 is 0 Å². The van der Waals surface area contributed by atoms with Crippen LogP contribution in [0.3, 0.4) is 0 Å². The van der Waals surface area contributed by atoms with Gasteiger partial charge in [0.15, 0.2) is 11.5 Å². The molecule has 2 aromatic heterocycles. The number of carbonyl (C=O) groups is 1. The summed E-state index contributed by atoms with van der Waals surface area (Å²) in [5, 5.41) is 6.03. The summed E-state index contributed by atoms with van der Waals surface area (Å²) in [6.07, 6.45) is 3.20. The van der Waals surface area contributed by atoms with Gasteiger partial charge in [0, 0.05) is 6.54 Å². The van der Waals surface area contributed by atoms with Crippen LogP contribution in [0.4, 0.5) is 5.69 Å². The van der Waals surface area contributed by atoms with Gasteiger partial charge in [-0.15, -0.1) is 0 Å². The molecule has 0 spiro atoms. The van der Waals surface area contributed by atoms with E-state index >= 15 is 0 Å². The molecule has 0 unspecified atom stereocenters. The molecule has 1 amide bonds. The molecular weight excluding hydrogens is 346 g/mol. The molecular formula is C20H21N3O4. The van der Waals surface area contributed by atoms with Gasteiger partial charge >= 0.3 is 0 Å². The van der Waals surface area contributed by atoms with Crippen molar-refractivity contribution in [3.8, 4) is 11.5 Å². The summed E-state index contributed by atoms with van der Waals surface area (Å²) < 4.78 is 15.7. The fraction of sp³-hybridized carbons (Fsp3) is 0.200. The monoisotopic (exact) mass is 367 g/mol. The van der Waals surface area contributed by atoms with Crippen LogP contribution in [0.25, 0.3) is 0 Å². The summed E-state index contributed by atoms with van der Waals surface area (Å²) >= 11 is 0. The van der Waals surface area contributed by atoms with Crippen molar-refractivity contribution in [1.29, 1.82) is 0 Å². The Balaban J connectivity index is 1.55. The van der Waals surface area contributed by atoms with Gasteiger partial charge in [0.2, 0.25) is 0 Å². The third kappa shape index (κ3) is 4.78. The summed E-state index contributed by atoms with van der Waals surface area (Å²) in [5.74, 6) is 1.81. The highest BCUT2D eigenvalue weighted by Gasteiger charge is 2.08. The number of furan rings is 1. The number of nitrogens with one attached hydrogen (secondary N) is 2. The van der Waals surface area contributed by atoms with Crippen molar-refractivity contribution in [3.05, 3.63) is 71.9 Å². The summed E-state index contributed by atoms with van der Waals surface area (Å²) in [7, 11) is 3.21. The number of benzene rings is 1. The number of hydrogen-bond acceptors (Lipinski definition) is 6. The molecule has 2 N–H and O–H groups in total. The lowest BCUT2D eigenvalue weighted by molar-refractivity contribution is 0.0943. The number of nitrogens with zero attached hydrogens (tertiary/aromatic N) is 1. The van der Waals surface area contributed by atoms with Gasteiger partial charge in [-0.25, -0.2) is 4.98 Å². The van der Waals surface area contributed by atoms with E-state index in [1.165, 1.54) is 0 Å². The highest BCUT2D eigenvalue weighted by Crippen LogP contribution is 2.27. The highest BCUT2D eigenvalue weighted by atomic mass is 16.5. The molecule has 3 aromatic rings. The Morgan fingerprint density at radius 3 is 2.59 bits per heavy atom. The fourth-order valence-corrected chi connectivity index (χ4v) is 2.50. The molecule has 0 aliphatic carbocycles. The third-order valence-electron chi connectivity index (χ3n) is 3.94. The standard InChI is InChI=1S/C20H21N3O4/c1-25-18-8-5-14(10-19(18)26-2)11-21-15-6-7-17(22-12-15)20(24)23-13-16-4-3-9-27-16/h3-10,12,21H,11,13H2,1-2H3,(H,23,24). The quantitative estimate of drug-likeness (QED) is 0.636. The second-order valence-electron chi connectivity index (χ2n) is 5.74. The number of hydrogen-bond donors (Lipinski definition) is 2. The zero-order valence-electron chi connectivity index (χ0n) is 15.2. The van der Waals surface area contributed by atoms with E-state index in [1.807, 2.05) is 24.3 Å². The fourth-order valence-electron chi connectivity index (χ4n) is 2.50. The third-order valence-corrected chi connectivity index (χ3v) is 3.94. The summed E-state index contributed by atoms with van der Waals surface area (Å²) in [4.78, 5) is 16.3. The molecule has 0 fully saturated rings. The van der Waals surface area contributed by atoms with Gasteiger partial charge in [-0.05, 0) is 42.0 Å². The second-order valence-corrected chi connectivity index (χ2v) is 5.74. The molecule has 0 bridgehead atoms. The molecule has 7 nitrogen and oxygen atoms in total. The molecule has 0 saturated carbocycles. The first-order chi connectivity index (χ1) is 13.2. The molecule has 0 atom stereocenters. The predicted molar refractivity (Wildman–Crippen MR) is 101 cm³/mol. The SMILES string of the molecule is COc1ccc(CNc2ccc(C(=O)NCc3ccco3)nc2)cc1OC. The number of pyridine rings is 1. The Kier molecular flexibility index (Phi) is 5.94. The average molecular weight is 367 g/mol. The summed E-state index contributed by atoms with van der Waals surface area (Å²) in [6.45, 7) is 0.916. The molecule has 7 heteroatoms. The Morgan fingerprint density at radius 2 is 1.93 bits per heavy atom. The lowest BCUT2D eigenvalue weighted by Crippen LogP contribution is -2.23. The van der Waals surface area contributed by atoms with E-state index in [9.17, 15) is 4.79 Å². The largest absolute Gasteiger partial charge is 0.493 e. The van der Waals surface area contributed by atoms with Gasteiger partial charge in [0.05, 0.1) is 38.9 Å². The van der Waals surface area contributed by atoms with Gasteiger partial charge in [-0.1, -0.05) is 6.07 Å². The molecule has 140 valence electrons. The summed E-state index contributed by atoms with van der Waals surface area (Å²) in [6, 6.07) is 12.8. The zero-order chi connectivity index (χ0) is 19.1. The van der Waals surface area contributed by atoms with Crippen LogP contribution in [0.2, 0.25) is 0 Å². The van der Waals surface area contributed by atoms with E-state index in [0.717, 1.165) is 11.3 Å². The molecule has 27 heavy (non-hydrogen) atoms. The van der Waals surface area contributed by atoms with Crippen molar-refractivity contribution in [2.75, 3.05) is 19.5 Å². The van der Waals surface area contributed by atoms with Crippen LogP contribution in [-0.2, 0) is 13.1 Å². The van der Waals surface area contributed by atoms with E-state index in [0.29, 0.717) is 36.0 Å². The number of anilines is 1. The maximum absolute atomic E-state index is 12.1. The zero-order valence-corrected chi connectivity index (χ0v) is 15.2.